The molecule has 1 heterocycles. The van der Waals surface area contributed by atoms with Crippen molar-refractivity contribution in [3.63, 3.8) is 0 Å². The Morgan fingerprint density at radius 3 is 2.53 bits per heavy atom. The summed E-state index contributed by atoms with van der Waals surface area (Å²) < 4.78 is 16.4. The zero-order chi connectivity index (χ0) is 22.3. The van der Waals surface area contributed by atoms with Crippen molar-refractivity contribution < 1.29 is 18.7 Å². The minimum Gasteiger partial charge on any atom is -0.493 e. The van der Waals surface area contributed by atoms with Gasteiger partial charge in [-0.15, -0.1) is 10.2 Å². The molecule has 0 spiro atoms. The van der Waals surface area contributed by atoms with Crippen molar-refractivity contribution in [2.45, 2.75) is 11.0 Å². The lowest BCUT2D eigenvalue weighted by molar-refractivity contribution is 0.102. The van der Waals surface area contributed by atoms with Gasteiger partial charge in [0.05, 0.1) is 14.2 Å². The summed E-state index contributed by atoms with van der Waals surface area (Å²) in [4.78, 5) is 12.5. The number of nitrogens with one attached hydrogen (secondary N) is 1. The fourth-order valence-corrected chi connectivity index (χ4v) is 3.73. The van der Waals surface area contributed by atoms with E-state index in [2.05, 4.69) is 15.5 Å². The van der Waals surface area contributed by atoms with E-state index in [1.807, 2.05) is 54.6 Å². The number of ether oxygens (including phenoxy) is 2. The van der Waals surface area contributed by atoms with Gasteiger partial charge in [-0.1, -0.05) is 42.1 Å². The lowest BCUT2D eigenvalue weighted by atomic mass is 10.1. The normalized spacial score (nSPS) is 10.6. The van der Waals surface area contributed by atoms with Crippen molar-refractivity contribution in [3.8, 4) is 23.0 Å². The third kappa shape index (κ3) is 5.09. The Bertz CT molecular complexity index is 1210. The van der Waals surface area contributed by atoms with Gasteiger partial charge in [-0.25, -0.2) is 0 Å². The number of para-hydroxylation sites is 1. The molecule has 0 aliphatic carbocycles. The maximum atomic E-state index is 12.5. The van der Waals surface area contributed by atoms with E-state index in [9.17, 15) is 4.79 Å². The highest BCUT2D eigenvalue weighted by molar-refractivity contribution is 7.98. The van der Waals surface area contributed by atoms with E-state index in [4.69, 9.17) is 13.9 Å². The Hall–Kier alpha value is -3.78. The topological polar surface area (TPSA) is 86.5 Å². The molecule has 0 saturated carbocycles. The Kier molecular flexibility index (Phi) is 6.72. The summed E-state index contributed by atoms with van der Waals surface area (Å²) in [7, 11) is 3.16. The number of benzene rings is 3. The highest BCUT2D eigenvalue weighted by Gasteiger charge is 2.13. The first-order chi connectivity index (χ1) is 15.7. The van der Waals surface area contributed by atoms with Crippen LogP contribution in [0.5, 0.6) is 11.5 Å². The highest BCUT2D eigenvalue weighted by Crippen LogP contribution is 2.33. The van der Waals surface area contributed by atoms with Gasteiger partial charge in [0.15, 0.2) is 11.5 Å². The molecule has 32 heavy (non-hydrogen) atoms. The molecule has 3 aromatic carbocycles. The average molecular weight is 448 g/mol. The number of carbonyl (C=O) groups is 1. The van der Waals surface area contributed by atoms with Crippen LogP contribution in [0.25, 0.3) is 11.5 Å². The first-order valence-electron chi connectivity index (χ1n) is 9.80. The standard InChI is InChI=1S/C24H21N3O4S/c1-29-20-12-11-18(14-21(20)30-2)23-26-27-24(31-23)32-15-16-7-6-8-17(13-16)22(28)25-19-9-4-3-5-10-19/h3-14H,15H2,1-2H3,(H,25,28). The molecule has 0 saturated heterocycles. The largest absolute Gasteiger partial charge is 0.493 e. The zero-order valence-electron chi connectivity index (χ0n) is 17.6. The number of hydrogen-bond donors (Lipinski definition) is 1. The lowest BCUT2D eigenvalue weighted by Gasteiger charge is -2.07. The molecule has 0 atom stereocenters. The van der Waals surface area contributed by atoms with Crippen LogP contribution in [0.4, 0.5) is 5.69 Å². The van der Waals surface area contributed by atoms with Crippen LogP contribution in [0, 0.1) is 0 Å². The highest BCUT2D eigenvalue weighted by atomic mass is 32.2. The Morgan fingerprint density at radius 2 is 1.75 bits per heavy atom. The monoisotopic (exact) mass is 447 g/mol. The number of methoxy groups -OCH3 is 2. The minimum absolute atomic E-state index is 0.156. The summed E-state index contributed by atoms with van der Waals surface area (Å²) in [6.45, 7) is 0. The Labute approximate surface area is 189 Å². The van der Waals surface area contributed by atoms with Crippen LogP contribution < -0.4 is 14.8 Å². The minimum atomic E-state index is -0.156. The third-order valence-electron chi connectivity index (χ3n) is 4.62. The summed E-state index contributed by atoms with van der Waals surface area (Å²) in [5.74, 6) is 2.03. The molecule has 7 nitrogen and oxygen atoms in total. The summed E-state index contributed by atoms with van der Waals surface area (Å²) in [6, 6.07) is 22.2. The van der Waals surface area contributed by atoms with E-state index in [0.29, 0.717) is 33.9 Å². The smallest absolute Gasteiger partial charge is 0.277 e. The third-order valence-corrected chi connectivity index (χ3v) is 5.51. The maximum Gasteiger partial charge on any atom is 0.277 e. The number of anilines is 1. The fraction of sp³-hybridized carbons (Fsp3) is 0.125. The number of carbonyl (C=O) groups excluding carboxylic acids is 1. The predicted octanol–water partition coefficient (Wildman–Crippen LogP) is 5.30. The van der Waals surface area contributed by atoms with Gasteiger partial charge in [0, 0.05) is 22.6 Å². The second-order valence-corrected chi connectivity index (χ2v) is 7.68. The second kappa shape index (κ2) is 10.0. The number of nitrogens with zero attached hydrogens (tertiary/aromatic N) is 2. The zero-order valence-corrected chi connectivity index (χ0v) is 18.4. The van der Waals surface area contributed by atoms with Crippen LogP contribution in [-0.4, -0.2) is 30.3 Å². The molecule has 4 rings (SSSR count). The van der Waals surface area contributed by atoms with Gasteiger partial charge in [0.1, 0.15) is 0 Å². The molecule has 4 aromatic rings. The van der Waals surface area contributed by atoms with Crippen molar-refractivity contribution >= 4 is 23.4 Å². The molecule has 1 N–H and O–H groups in total. The van der Waals surface area contributed by atoms with Crippen molar-refractivity contribution in [1.82, 2.24) is 10.2 Å². The Morgan fingerprint density at radius 1 is 0.938 bits per heavy atom. The Balaban J connectivity index is 1.41. The molecule has 0 bridgehead atoms. The van der Waals surface area contributed by atoms with Crippen molar-refractivity contribution in [2.24, 2.45) is 0 Å². The van der Waals surface area contributed by atoms with Gasteiger partial charge >= 0.3 is 0 Å². The van der Waals surface area contributed by atoms with Crippen LogP contribution in [0.15, 0.2) is 82.4 Å². The molecule has 0 unspecified atom stereocenters. The molecule has 1 amide bonds. The average Bonchev–Trinajstić information content (AvgIpc) is 3.32. The van der Waals surface area contributed by atoms with E-state index >= 15 is 0 Å². The molecule has 0 fully saturated rings. The lowest BCUT2D eigenvalue weighted by Crippen LogP contribution is -2.11. The van der Waals surface area contributed by atoms with Gasteiger partial charge < -0.3 is 19.2 Å². The van der Waals surface area contributed by atoms with Gasteiger partial charge in [-0.3, -0.25) is 4.79 Å². The van der Waals surface area contributed by atoms with E-state index in [-0.39, 0.29) is 5.91 Å². The quantitative estimate of drug-likeness (QED) is 0.367. The van der Waals surface area contributed by atoms with Crippen LogP contribution in [0.2, 0.25) is 0 Å². The molecule has 0 radical (unpaired) electrons. The van der Waals surface area contributed by atoms with Crippen LogP contribution in [0.3, 0.4) is 0 Å². The van der Waals surface area contributed by atoms with Crippen molar-refractivity contribution in [1.29, 1.82) is 0 Å². The van der Waals surface area contributed by atoms with Gasteiger partial charge in [0.25, 0.3) is 11.1 Å². The van der Waals surface area contributed by atoms with Crippen molar-refractivity contribution in [3.05, 3.63) is 83.9 Å². The molecule has 8 heteroatoms. The SMILES string of the molecule is COc1ccc(-c2nnc(SCc3cccc(C(=O)Nc4ccccc4)c3)o2)cc1OC. The van der Waals surface area contributed by atoms with Gasteiger partial charge in [-0.2, -0.15) is 0 Å². The second-order valence-electron chi connectivity index (χ2n) is 6.75. The van der Waals surface area contributed by atoms with E-state index in [1.165, 1.54) is 11.8 Å². The molecule has 0 aliphatic heterocycles. The van der Waals surface area contributed by atoms with Gasteiger partial charge in [0.2, 0.25) is 5.89 Å². The summed E-state index contributed by atoms with van der Waals surface area (Å²) in [6.07, 6.45) is 0. The molecular formula is C24H21N3O4S. The first kappa shape index (κ1) is 21.5. The predicted molar refractivity (Wildman–Crippen MR) is 123 cm³/mol. The maximum absolute atomic E-state index is 12.5. The van der Waals surface area contributed by atoms with Crippen molar-refractivity contribution in [2.75, 3.05) is 19.5 Å². The first-order valence-corrected chi connectivity index (χ1v) is 10.8. The van der Waals surface area contributed by atoms with Crippen LogP contribution in [0.1, 0.15) is 15.9 Å². The number of rotatable bonds is 8. The van der Waals surface area contributed by atoms with Gasteiger partial charge in [-0.05, 0) is 48.0 Å². The van der Waals surface area contributed by atoms with Crippen LogP contribution >= 0.6 is 11.8 Å². The number of thioether (sulfide) groups is 1. The molecular weight excluding hydrogens is 426 g/mol. The number of amides is 1. The molecule has 0 aliphatic rings. The van der Waals surface area contributed by atoms with E-state index in [0.717, 1.165) is 16.8 Å². The van der Waals surface area contributed by atoms with Crippen LogP contribution in [-0.2, 0) is 5.75 Å². The van der Waals surface area contributed by atoms with E-state index in [1.54, 1.807) is 32.4 Å². The number of aromatic nitrogens is 2. The number of hydrogen-bond acceptors (Lipinski definition) is 7. The summed E-state index contributed by atoms with van der Waals surface area (Å²) >= 11 is 1.40. The summed E-state index contributed by atoms with van der Waals surface area (Å²) in [5.41, 5.74) is 3.05. The molecule has 162 valence electrons. The summed E-state index contributed by atoms with van der Waals surface area (Å²) in [5, 5.41) is 11.6. The fourth-order valence-electron chi connectivity index (χ4n) is 3.03. The van der Waals surface area contributed by atoms with E-state index < -0.39 is 0 Å². The molecule has 1 aromatic heterocycles.